The smallest absolute Gasteiger partial charge is 0.163 e. The molecule has 0 radical (unpaired) electrons. The van der Waals surface area contributed by atoms with Gasteiger partial charge in [-0.25, -0.2) is 8.78 Å². The number of hydrogen-bond acceptors (Lipinski definition) is 2. The van der Waals surface area contributed by atoms with Crippen LogP contribution in [0.15, 0.2) is 12.1 Å². The minimum Gasteiger partial charge on any atom is -0.391 e. The Bertz CT molecular complexity index is 450. The summed E-state index contributed by atoms with van der Waals surface area (Å²) in [6.07, 6.45) is 4.32. The molecule has 0 aromatic heterocycles. The Balaban J connectivity index is 0.00000200. The number of hydrogen-bond donors (Lipinski definition) is 2. The molecule has 1 saturated carbocycles. The molecule has 2 atom stereocenters. The molecule has 0 unspecified atom stereocenters. The van der Waals surface area contributed by atoms with Crippen molar-refractivity contribution in [2.45, 2.75) is 51.2 Å². The van der Waals surface area contributed by atoms with Crippen LogP contribution in [0.2, 0.25) is 0 Å². The zero-order valence-electron chi connectivity index (χ0n) is 11.6. The van der Waals surface area contributed by atoms with Crippen LogP contribution >= 0.6 is 12.4 Å². The largest absolute Gasteiger partial charge is 0.391 e. The minimum absolute atomic E-state index is 0. The third-order valence-corrected chi connectivity index (χ3v) is 4.17. The van der Waals surface area contributed by atoms with Crippen LogP contribution in [0.4, 0.5) is 8.78 Å². The van der Waals surface area contributed by atoms with Crippen LogP contribution in [0.3, 0.4) is 0 Å². The van der Waals surface area contributed by atoms with Crippen LogP contribution in [0.5, 0.6) is 0 Å². The Kier molecular flexibility index (Phi) is 6.37. The molecule has 20 heavy (non-hydrogen) atoms. The van der Waals surface area contributed by atoms with Crippen LogP contribution in [-0.4, -0.2) is 11.2 Å². The van der Waals surface area contributed by atoms with Gasteiger partial charge in [-0.2, -0.15) is 0 Å². The van der Waals surface area contributed by atoms with Gasteiger partial charge in [-0.15, -0.1) is 12.4 Å². The van der Waals surface area contributed by atoms with E-state index in [9.17, 15) is 13.9 Å². The maximum atomic E-state index is 13.9. The SMILES string of the molecule is Cc1ccc([C@@H](N)[C@@H](O)C2CCCCC2)c(F)c1F.Cl. The summed E-state index contributed by atoms with van der Waals surface area (Å²) in [5, 5.41) is 10.3. The molecule has 1 aliphatic rings. The average Bonchev–Trinajstić information content (AvgIpc) is 2.44. The Morgan fingerprint density at radius 2 is 1.75 bits per heavy atom. The van der Waals surface area contributed by atoms with Crippen molar-refractivity contribution in [1.29, 1.82) is 0 Å². The monoisotopic (exact) mass is 305 g/mol. The molecule has 114 valence electrons. The van der Waals surface area contributed by atoms with Gasteiger partial charge in [-0.3, -0.25) is 0 Å². The zero-order valence-corrected chi connectivity index (χ0v) is 12.4. The number of aryl methyl sites for hydroxylation is 1. The van der Waals surface area contributed by atoms with Gasteiger partial charge in [0.25, 0.3) is 0 Å². The second-order valence-electron chi connectivity index (χ2n) is 5.51. The van der Waals surface area contributed by atoms with Gasteiger partial charge in [-0.05, 0) is 31.2 Å². The normalized spacial score (nSPS) is 19.2. The fraction of sp³-hybridized carbons (Fsp3) is 0.600. The number of aliphatic hydroxyl groups excluding tert-OH is 1. The minimum atomic E-state index is -0.928. The third-order valence-electron chi connectivity index (χ3n) is 4.17. The van der Waals surface area contributed by atoms with Crippen molar-refractivity contribution in [2.24, 2.45) is 11.7 Å². The predicted molar refractivity (Wildman–Crippen MR) is 77.9 cm³/mol. The summed E-state index contributed by atoms with van der Waals surface area (Å²) in [5.41, 5.74) is 6.25. The lowest BCUT2D eigenvalue weighted by Gasteiger charge is -2.30. The first-order valence-electron chi connectivity index (χ1n) is 6.90. The summed E-state index contributed by atoms with van der Waals surface area (Å²) >= 11 is 0. The lowest BCUT2D eigenvalue weighted by atomic mass is 9.81. The molecule has 0 aliphatic heterocycles. The van der Waals surface area contributed by atoms with E-state index in [4.69, 9.17) is 5.73 Å². The highest BCUT2D eigenvalue weighted by molar-refractivity contribution is 5.85. The molecule has 0 heterocycles. The first kappa shape index (κ1) is 17.3. The van der Waals surface area contributed by atoms with E-state index >= 15 is 0 Å². The molecule has 0 spiro atoms. The molecule has 0 bridgehead atoms. The van der Waals surface area contributed by atoms with Gasteiger partial charge in [0.05, 0.1) is 12.1 Å². The van der Waals surface area contributed by atoms with E-state index < -0.39 is 23.8 Å². The molecule has 1 aromatic carbocycles. The van der Waals surface area contributed by atoms with E-state index in [2.05, 4.69) is 0 Å². The van der Waals surface area contributed by atoms with Crippen LogP contribution in [0, 0.1) is 24.5 Å². The summed E-state index contributed by atoms with van der Waals surface area (Å²) in [5.74, 6) is -1.71. The molecule has 2 nitrogen and oxygen atoms in total. The molecule has 1 fully saturated rings. The Labute approximate surface area is 124 Å². The second-order valence-corrected chi connectivity index (χ2v) is 5.51. The Hall–Kier alpha value is -0.710. The quantitative estimate of drug-likeness (QED) is 0.895. The van der Waals surface area contributed by atoms with E-state index in [0.29, 0.717) is 0 Å². The predicted octanol–water partition coefficient (Wildman–Crippen LogP) is 3.64. The van der Waals surface area contributed by atoms with Gasteiger partial charge in [0.15, 0.2) is 11.6 Å². The Morgan fingerprint density at radius 1 is 1.15 bits per heavy atom. The topological polar surface area (TPSA) is 46.2 Å². The Morgan fingerprint density at radius 3 is 2.35 bits per heavy atom. The second kappa shape index (κ2) is 7.34. The lowest BCUT2D eigenvalue weighted by molar-refractivity contribution is 0.0606. The van der Waals surface area contributed by atoms with E-state index in [0.717, 1.165) is 25.7 Å². The number of benzene rings is 1. The maximum Gasteiger partial charge on any atom is 0.163 e. The van der Waals surface area contributed by atoms with E-state index in [-0.39, 0.29) is 29.5 Å². The first-order chi connectivity index (χ1) is 9.02. The summed E-state index contributed by atoms with van der Waals surface area (Å²) < 4.78 is 27.4. The average molecular weight is 306 g/mol. The maximum absolute atomic E-state index is 13.9. The van der Waals surface area contributed by atoms with Gasteiger partial charge >= 0.3 is 0 Å². The molecule has 1 aromatic rings. The number of aliphatic hydroxyl groups is 1. The first-order valence-corrected chi connectivity index (χ1v) is 6.90. The van der Waals surface area contributed by atoms with E-state index in [1.54, 1.807) is 0 Å². The van der Waals surface area contributed by atoms with Crippen LogP contribution < -0.4 is 5.73 Å². The van der Waals surface area contributed by atoms with Crippen molar-refractivity contribution >= 4 is 12.4 Å². The van der Waals surface area contributed by atoms with E-state index in [1.807, 2.05) is 0 Å². The summed E-state index contributed by atoms with van der Waals surface area (Å²) in [6, 6.07) is 2.12. The molecular weight excluding hydrogens is 284 g/mol. The van der Waals surface area contributed by atoms with Gasteiger partial charge < -0.3 is 10.8 Å². The lowest BCUT2D eigenvalue weighted by Crippen LogP contribution is -2.35. The van der Waals surface area contributed by atoms with Crippen LogP contribution in [0.25, 0.3) is 0 Å². The van der Waals surface area contributed by atoms with Crippen molar-refractivity contribution in [1.82, 2.24) is 0 Å². The summed E-state index contributed by atoms with van der Waals surface area (Å²) in [4.78, 5) is 0. The fourth-order valence-corrected chi connectivity index (χ4v) is 2.87. The highest BCUT2D eigenvalue weighted by Gasteiger charge is 2.30. The molecule has 3 N–H and O–H groups in total. The highest BCUT2D eigenvalue weighted by atomic mass is 35.5. The molecule has 1 aliphatic carbocycles. The van der Waals surface area contributed by atoms with Crippen molar-refractivity contribution in [3.8, 4) is 0 Å². The summed E-state index contributed by atoms with van der Waals surface area (Å²) in [7, 11) is 0. The van der Waals surface area contributed by atoms with Gasteiger partial charge in [0.2, 0.25) is 0 Å². The molecule has 0 saturated heterocycles. The van der Waals surface area contributed by atoms with Crippen LogP contribution in [0.1, 0.15) is 49.3 Å². The fourth-order valence-electron chi connectivity index (χ4n) is 2.87. The van der Waals surface area contributed by atoms with Crippen molar-refractivity contribution in [2.75, 3.05) is 0 Å². The van der Waals surface area contributed by atoms with Gasteiger partial charge in [-0.1, -0.05) is 31.4 Å². The van der Waals surface area contributed by atoms with Crippen molar-refractivity contribution in [3.63, 3.8) is 0 Å². The third kappa shape index (κ3) is 3.48. The molecule has 0 amide bonds. The van der Waals surface area contributed by atoms with Gasteiger partial charge in [0.1, 0.15) is 0 Å². The van der Waals surface area contributed by atoms with E-state index in [1.165, 1.54) is 25.5 Å². The molecular formula is C15H22ClF2NO. The van der Waals surface area contributed by atoms with Crippen molar-refractivity contribution in [3.05, 3.63) is 34.9 Å². The number of halogens is 3. The van der Waals surface area contributed by atoms with Gasteiger partial charge in [0, 0.05) is 5.56 Å². The standard InChI is InChI=1S/C15H21F2NO.ClH/c1-9-7-8-11(13(17)12(9)16)14(18)15(19)10-5-3-2-4-6-10;/h7-8,10,14-15,19H,2-6,18H2,1H3;1H/t14-,15+;/m1./s1. The summed E-state index contributed by atoms with van der Waals surface area (Å²) in [6.45, 7) is 1.51. The zero-order chi connectivity index (χ0) is 14.0. The van der Waals surface area contributed by atoms with Crippen molar-refractivity contribution < 1.29 is 13.9 Å². The molecule has 5 heteroatoms. The van der Waals surface area contributed by atoms with Crippen LogP contribution in [-0.2, 0) is 0 Å². The highest BCUT2D eigenvalue weighted by Crippen LogP contribution is 2.32. The molecule has 2 rings (SSSR count). The number of nitrogens with two attached hydrogens (primary N) is 1. The number of rotatable bonds is 3.